The van der Waals surface area contributed by atoms with E-state index in [1.807, 2.05) is 18.2 Å². The van der Waals surface area contributed by atoms with Gasteiger partial charge in [0.15, 0.2) is 0 Å². The Morgan fingerprint density at radius 2 is 1.76 bits per heavy atom. The third-order valence-corrected chi connectivity index (χ3v) is 6.92. The molecule has 2 aromatic carbocycles. The van der Waals surface area contributed by atoms with Crippen molar-refractivity contribution in [1.82, 2.24) is 15.1 Å². The van der Waals surface area contributed by atoms with Gasteiger partial charge in [-0.1, -0.05) is 43.3 Å². The Kier molecular flexibility index (Phi) is 6.18. The quantitative estimate of drug-likeness (QED) is 0.730. The Balaban J connectivity index is 1.23. The predicted octanol–water partition coefficient (Wildman–Crippen LogP) is 4.00. The van der Waals surface area contributed by atoms with Crippen molar-refractivity contribution >= 4 is 11.8 Å². The van der Waals surface area contributed by atoms with E-state index in [1.54, 1.807) is 4.90 Å². The molecule has 5 rings (SSSR count). The van der Waals surface area contributed by atoms with Crippen molar-refractivity contribution in [3.63, 3.8) is 0 Å². The van der Waals surface area contributed by atoms with Gasteiger partial charge in [-0.3, -0.25) is 14.5 Å². The SMILES string of the molecule is C=C1CCC(N2Cc3c(OCc4ccc(CN5CCCCC5)cc4)cccc3C2=O)C(=O)N1. The molecule has 0 spiro atoms. The lowest BCUT2D eigenvalue weighted by molar-refractivity contribution is -0.126. The topological polar surface area (TPSA) is 61.9 Å². The normalized spacial score (nSPS) is 21.2. The summed E-state index contributed by atoms with van der Waals surface area (Å²) >= 11 is 0. The van der Waals surface area contributed by atoms with Crippen LogP contribution in [-0.4, -0.2) is 40.7 Å². The van der Waals surface area contributed by atoms with Gasteiger partial charge in [-0.05, 0) is 62.0 Å². The minimum Gasteiger partial charge on any atom is -0.489 e. The molecule has 6 heteroatoms. The highest BCUT2D eigenvalue weighted by atomic mass is 16.5. The zero-order valence-corrected chi connectivity index (χ0v) is 19.0. The molecule has 3 aliphatic heterocycles. The Morgan fingerprint density at radius 1 is 1.00 bits per heavy atom. The predicted molar refractivity (Wildman–Crippen MR) is 127 cm³/mol. The van der Waals surface area contributed by atoms with Crippen LogP contribution in [-0.2, 0) is 24.5 Å². The molecule has 2 fully saturated rings. The molecular formula is C27H31N3O3. The fourth-order valence-corrected chi connectivity index (χ4v) is 5.05. The summed E-state index contributed by atoms with van der Waals surface area (Å²) in [6.45, 7) is 8.05. The number of ether oxygens (including phenoxy) is 1. The number of likely N-dealkylation sites (tertiary alicyclic amines) is 1. The summed E-state index contributed by atoms with van der Waals surface area (Å²) in [6.07, 6.45) is 5.24. The zero-order valence-electron chi connectivity index (χ0n) is 19.0. The molecule has 1 N–H and O–H groups in total. The lowest BCUT2D eigenvalue weighted by atomic mass is 10.0. The summed E-state index contributed by atoms with van der Waals surface area (Å²) in [7, 11) is 0. The molecule has 1 atom stereocenters. The van der Waals surface area contributed by atoms with Crippen molar-refractivity contribution < 1.29 is 14.3 Å². The molecule has 0 bridgehead atoms. The van der Waals surface area contributed by atoms with Crippen LogP contribution in [0.25, 0.3) is 0 Å². The molecule has 1 unspecified atom stereocenters. The van der Waals surface area contributed by atoms with Gasteiger partial charge in [0.1, 0.15) is 18.4 Å². The minimum absolute atomic E-state index is 0.106. The first-order valence-corrected chi connectivity index (χ1v) is 11.9. The third kappa shape index (κ3) is 4.67. The smallest absolute Gasteiger partial charge is 0.255 e. The van der Waals surface area contributed by atoms with E-state index in [4.69, 9.17) is 4.74 Å². The van der Waals surface area contributed by atoms with E-state index in [0.29, 0.717) is 43.0 Å². The number of piperidine rings is 2. The lowest BCUT2D eigenvalue weighted by Gasteiger charge is -2.31. The van der Waals surface area contributed by atoms with Gasteiger partial charge < -0.3 is 15.0 Å². The fourth-order valence-electron chi connectivity index (χ4n) is 5.05. The molecule has 0 aliphatic carbocycles. The monoisotopic (exact) mass is 445 g/mol. The fraction of sp³-hybridized carbons (Fsp3) is 0.407. The molecule has 3 heterocycles. The highest BCUT2D eigenvalue weighted by molar-refractivity contribution is 6.02. The van der Waals surface area contributed by atoms with Crippen molar-refractivity contribution in [2.45, 2.75) is 57.8 Å². The lowest BCUT2D eigenvalue weighted by Crippen LogP contribution is -2.49. The van der Waals surface area contributed by atoms with Crippen LogP contribution in [0.4, 0.5) is 0 Å². The highest BCUT2D eigenvalue weighted by Gasteiger charge is 2.39. The van der Waals surface area contributed by atoms with E-state index in [9.17, 15) is 9.59 Å². The van der Waals surface area contributed by atoms with Gasteiger partial charge in [0.05, 0.1) is 6.54 Å². The van der Waals surface area contributed by atoms with Crippen molar-refractivity contribution in [2.75, 3.05) is 13.1 Å². The summed E-state index contributed by atoms with van der Waals surface area (Å²) in [6, 6.07) is 13.7. The third-order valence-electron chi connectivity index (χ3n) is 6.92. The number of fused-ring (bicyclic) bond motifs is 1. The van der Waals surface area contributed by atoms with Crippen LogP contribution in [0, 0.1) is 0 Å². The van der Waals surface area contributed by atoms with E-state index in [0.717, 1.165) is 17.7 Å². The van der Waals surface area contributed by atoms with Crippen LogP contribution in [0.3, 0.4) is 0 Å². The van der Waals surface area contributed by atoms with Crippen molar-refractivity contribution in [3.05, 3.63) is 77.0 Å². The number of rotatable bonds is 6. The summed E-state index contributed by atoms with van der Waals surface area (Å²) < 4.78 is 6.15. The first-order chi connectivity index (χ1) is 16.1. The maximum absolute atomic E-state index is 13.0. The molecule has 0 radical (unpaired) electrons. The molecule has 172 valence electrons. The Labute approximate surface area is 195 Å². The average Bonchev–Trinajstić information content (AvgIpc) is 3.16. The van der Waals surface area contributed by atoms with Crippen LogP contribution < -0.4 is 10.1 Å². The Hall–Kier alpha value is -3.12. The number of nitrogens with one attached hydrogen (secondary N) is 1. The standard InChI is InChI=1S/C27H31N3O3/c1-19-8-13-24(26(31)28-19)30-17-23-22(27(30)32)6-5-7-25(23)33-18-21-11-9-20(10-12-21)16-29-14-3-2-4-15-29/h5-7,9-12,24H,1-4,8,13-18H2,(H,28,31). The number of amides is 2. The number of carbonyl (C=O) groups excluding carboxylic acids is 2. The molecule has 0 saturated carbocycles. The average molecular weight is 446 g/mol. The number of hydrogen-bond acceptors (Lipinski definition) is 4. The number of hydrogen-bond donors (Lipinski definition) is 1. The van der Waals surface area contributed by atoms with Crippen LogP contribution >= 0.6 is 0 Å². The molecule has 2 aromatic rings. The van der Waals surface area contributed by atoms with Gasteiger partial charge in [0.25, 0.3) is 5.91 Å². The number of nitrogens with zero attached hydrogens (tertiary/aromatic N) is 2. The second-order valence-electron chi connectivity index (χ2n) is 9.30. The van der Waals surface area contributed by atoms with Gasteiger partial charge in [0, 0.05) is 23.4 Å². The van der Waals surface area contributed by atoms with Crippen molar-refractivity contribution in [3.8, 4) is 5.75 Å². The number of carbonyl (C=O) groups is 2. The molecule has 3 aliphatic rings. The first-order valence-electron chi connectivity index (χ1n) is 11.9. The van der Waals surface area contributed by atoms with E-state index >= 15 is 0 Å². The van der Waals surface area contributed by atoms with Crippen LogP contribution in [0.2, 0.25) is 0 Å². The second kappa shape index (κ2) is 9.40. The van der Waals surface area contributed by atoms with Gasteiger partial charge in [0.2, 0.25) is 5.91 Å². The minimum atomic E-state index is -0.462. The Morgan fingerprint density at radius 3 is 2.52 bits per heavy atom. The molecule has 0 aromatic heterocycles. The van der Waals surface area contributed by atoms with Crippen LogP contribution in [0.15, 0.2) is 54.7 Å². The molecule has 33 heavy (non-hydrogen) atoms. The molecular weight excluding hydrogens is 414 g/mol. The van der Waals surface area contributed by atoms with Gasteiger partial charge in [-0.15, -0.1) is 0 Å². The number of allylic oxidation sites excluding steroid dienone is 1. The van der Waals surface area contributed by atoms with E-state index in [-0.39, 0.29) is 11.8 Å². The van der Waals surface area contributed by atoms with Crippen molar-refractivity contribution in [2.24, 2.45) is 0 Å². The summed E-state index contributed by atoms with van der Waals surface area (Å²) in [5, 5.41) is 2.78. The van der Waals surface area contributed by atoms with Crippen LogP contribution in [0.1, 0.15) is 59.2 Å². The van der Waals surface area contributed by atoms with E-state index < -0.39 is 6.04 Å². The first kappa shape index (κ1) is 21.7. The van der Waals surface area contributed by atoms with E-state index in [1.165, 1.54) is 37.9 Å². The second-order valence-corrected chi connectivity index (χ2v) is 9.30. The summed E-state index contributed by atoms with van der Waals surface area (Å²) in [5.41, 5.74) is 4.63. The van der Waals surface area contributed by atoms with Gasteiger partial charge in [-0.25, -0.2) is 0 Å². The zero-order chi connectivity index (χ0) is 22.8. The van der Waals surface area contributed by atoms with Crippen molar-refractivity contribution in [1.29, 1.82) is 0 Å². The Bertz CT molecular complexity index is 1060. The van der Waals surface area contributed by atoms with Gasteiger partial charge in [-0.2, -0.15) is 0 Å². The van der Waals surface area contributed by atoms with E-state index in [2.05, 4.69) is 41.1 Å². The number of benzene rings is 2. The molecule has 2 amide bonds. The maximum Gasteiger partial charge on any atom is 0.255 e. The molecule has 2 saturated heterocycles. The van der Waals surface area contributed by atoms with Gasteiger partial charge >= 0.3 is 0 Å². The summed E-state index contributed by atoms with van der Waals surface area (Å²) in [5.74, 6) is 0.450. The summed E-state index contributed by atoms with van der Waals surface area (Å²) in [4.78, 5) is 29.6. The highest BCUT2D eigenvalue weighted by Crippen LogP contribution is 2.34. The maximum atomic E-state index is 13.0. The largest absolute Gasteiger partial charge is 0.489 e. The molecule has 6 nitrogen and oxygen atoms in total. The van der Waals surface area contributed by atoms with Crippen LogP contribution in [0.5, 0.6) is 5.75 Å².